The van der Waals surface area contributed by atoms with E-state index in [0.29, 0.717) is 6.04 Å². The molecule has 2 atom stereocenters. The molecule has 2 heterocycles. The summed E-state index contributed by atoms with van der Waals surface area (Å²) in [5.74, 6) is 0. The maximum absolute atomic E-state index is 5.95. The van der Waals surface area contributed by atoms with Crippen molar-refractivity contribution in [3.05, 3.63) is 64.4 Å². The molecule has 0 spiro atoms. The Kier molecular flexibility index (Phi) is 3.06. The molecular formula is C15H15ClN2. The second kappa shape index (κ2) is 4.71. The maximum Gasteiger partial charge on any atom is 0.0596 e. The van der Waals surface area contributed by atoms with Gasteiger partial charge in [0.15, 0.2) is 0 Å². The Hall–Kier alpha value is -1.38. The van der Waals surface area contributed by atoms with Gasteiger partial charge in [0, 0.05) is 23.5 Å². The summed E-state index contributed by atoms with van der Waals surface area (Å²) in [5.41, 5.74) is 3.90. The van der Waals surface area contributed by atoms with Gasteiger partial charge in [-0.3, -0.25) is 4.98 Å². The molecule has 0 saturated carbocycles. The van der Waals surface area contributed by atoms with Crippen LogP contribution in [0.25, 0.3) is 0 Å². The van der Waals surface area contributed by atoms with Gasteiger partial charge in [-0.25, -0.2) is 0 Å². The van der Waals surface area contributed by atoms with E-state index in [1.807, 2.05) is 24.5 Å². The number of nitrogens with zero attached hydrogens (tertiary/aromatic N) is 1. The first-order valence-corrected chi connectivity index (χ1v) is 6.56. The normalized spacial score (nSPS) is 22.6. The molecular weight excluding hydrogens is 244 g/mol. The highest BCUT2D eigenvalue weighted by Crippen LogP contribution is 2.30. The molecule has 0 fully saturated rings. The van der Waals surface area contributed by atoms with E-state index < -0.39 is 0 Å². The molecule has 0 amide bonds. The van der Waals surface area contributed by atoms with Crippen LogP contribution in [0.1, 0.15) is 29.7 Å². The third-order valence-corrected chi connectivity index (χ3v) is 3.69. The van der Waals surface area contributed by atoms with Crippen molar-refractivity contribution in [3.63, 3.8) is 0 Å². The Labute approximate surface area is 112 Å². The molecule has 1 N–H and O–H groups in total. The number of aromatic nitrogens is 1. The van der Waals surface area contributed by atoms with Crippen LogP contribution in [-0.4, -0.2) is 11.0 Å². The predicted molar refractivity (Wildman–Crippen MR) is 73.8 cm³/mol. The smallest absolute Gasteiger partial charge is 0.0596 e. The third-order valence-electron chi connectivity index (χ3n) is 3.44. The third kappa shape index (κ3) is 2.14. The van der Waals surface area contributed by atoms with Crippen LogP contribution in [0.2, 0.25) is 5.02 Å². The number of hydrogen-bond acceptors (Lipinski definition) is 2. The molecule has 18 heavy (non-hydrogen) atoms. The van der Waals surface area contributed by atoms with Crippen molar-refractivity contribution in [2.75, 3.05) is 0 Å². The van der Waals surface area contributed by atoms with Crippen molar-refractivity contribution in [2.24, 2.45) is 0 Å². The largest absolute Gasteiger partial charge is 0.303 e. The van der Waals surface area contributed by atoms with Crippen LogP contribution in [0.15, 0.2) is 42.7 Å². The summed E-state index contributed by atoms with van der Waals surface area (Å²) >= 11 is 5.95. The lowest BCUT2D eigenvalue weighted by molar-refractivity contribution is 0.463. The molecule has 0 aliphatic carbocycles. The van der Waals surface area contributed by atoms with Crippen molar-refractivity contribution in [2.45, 2.75) is 25.4 Å². The Morgan fingerprint density at radius 3 is 2.78 bits per heavy atom. The van der Waals surface area contributed by atoms with Crippen molar-refractivity contribution < 1.29 is 0 Å². The summed E-state index contributed by atoms with van der Waals surface area (Å²) in [6.07, 6.45) is 4.89. The fourth-order valence-electron chi connectivity index (χ4n) is 2.58. The zero-order valence-corrected chi connectivity index (χ0v) is 11.0. The minimum absolute atomic E-state index is 0.217. The van der Waals surface area contributed by atoms with Crippen LogP contribution in [-0.2, 0) is 6.42 Å². The van der Waals surface area contributed by atoms with Crippen LogP contribution in [0, 0.1) is 0 Å². The Bertz CT molecular complexity index is 551. The van der Waals surface area contributed by atoms with E-state index in [4.69, 9.17) is 11.6 Å². The summed E-state index contributed by atoms with van der Waals surface area (Å²) in [6.45, 7) is 2.21. The lowest BCUT2D eigenvalue weighted by atomic mass is 9.88. The number of hydrogen-bond donors (Lipinski definition) is 1. The molecule has 0 bridgehead atoms. The second-order valence-corrected chi connectivity index (χ2v) is 5.27. The molecule has 0 radical (unpaired) electrons. The molecule has 1 aliphatic heterocycles. The maximum atomic E-state index is 5.95. The zero-order valence-electron chi connectivity index (χ0n) is 10.2. The van der Waals surface area contributed by atoms with Crippen molar-refractivity contribution in [3.8, 4) is 0 Å². The van der Waals surface area contributed by atoms with Gasteiger partial charge in [0.25, 0.3) is 0 Å². The van der Waals surface area contributed by atoms with Gasteiger partial charge in [-0.15, -0.1) is 0 Å². The van der Waals surface area contributed by atoms with E-state index in [-0.39, 0.29) is 6.04 Å². The molecule has 2 unspecified atom stereocenters. The summed E-state index contributed by atoms with van der Waals surface area (Å²) in [6, 6.07) is 10.8. The average Bonchev–Trinajstić information content (AvgIpc) is 2.38. The fraction of sp³-hybridized carbons (Fsp3) is 0.267. The minimum Gasteiger partial charge on any atom is -0.303 e. The number of fused-ring (bicyclic) bond motifs is 1. The number of benzene rings is 1. The number of halogens is 1. The van der Waals surface area contributed by atoms with E-state index in [1.54, 1.807) is 0 Å². The zero-order chi connectivity index (χ0) is 12.5. The molecule has 2 nitrogen and oxygen atoms in total. The van der Waals surface area contributed by atoms with Crippen LogP contribution in [0.5, 0.6) is 0 Å². The monoisotopic (exact) mass is 258 g/mol. The van der Waals surface area contributed by atoms with Crippen LogP contribution < -0.4 is 5.32 Å². The van der Waals surface area contributed by atoms with E-state index in [1.165, 1.54) is 16.7 Å². The lowest BCUT2D eigenvalue weighted by Crippen LogP contribution is -2.37. The second-order valence-electron chi connectivity index (χ2n) is 4.83. The first kappa shape index (κ1) is 11.7. The topological polar surface area (TPSA) is 24.9 Å². The van der Waals surface area contributed by atoms with Gasteiger partial charge in [0.2, 0.25) is 0 Å². The first-order valence-electron chi connectivity index (χ1n) is 6.18. The molecule has 2 aromatic rings. The molecule has 1 aromatic carbocycles. The van der Waals surface area contributed by atoms with Gasteiger partial charge in [-0.2, -0.15) is 0 Å². The highest BCUT2D eigenvalue weighted by molar-refractivity contribution is 6.30. The number of rotatable bonds is 1. The molecule has 92 valence electrons. The van der Waals surface area contributed by atoms with Gasteiger partial charge < -0.3 is 5.32 Å². The van der Waals surface area contributed by atoms with Crippen molar-refractivity contribution in [1.29, 1.82) is 0 Å². The predicted octanol–water partition coefficient (Wildman–Crippen LogP) is 3.36. The SMILES string of the molecule is CC1Cc2ccncc2C(c2ccc(Cl)cc2)N1. The quantitative estimate of drug-likeness (QED) is 0.849. The summed E-state index contributed by atoms with van der Waals surface area (Å²) in [5, 5.41) is 4.40. The van der Waals surface area contributed by atoms with Crippen LogP contribution in [0.3, 0.4) is 0 Å². The standard InChI is InChI=1S/C15H15ClN2/c1-10-8-12-6-7-17-9-14(12)15(18-10)11-2-4-13(16)5-3-11/h2-7,9-10,15,18H,8H2,1H3. The Morgan fingerprint density at radius 1 is 1.22 bits per heavy atom. The van der Waals surface area contributed by atoms with E-state index in [9.17, 15) is 0 Å². The van der Waals surface area contributed by atoms with Gasteiger partial charge in [0.1, 0.15) is 0 Å². The lowest BCUT2D eigenvalue weighted by Gasteiger charge is -2.31. The van der Waals surface area contributed by atoms with Gasteiger partial charge >= 0.3 is 0 Å². The Balaban J connectivity index is 2.04. The number of pyridine rings is 1. The molecule has 1 aromatic heterocycles. The molecule has 3 rings (SSSR count). The molecule has 3 heteroatoms. The highest BCUT2D eigenvalue weighted by Gasteiger charge is 2.24. The van der Waals surface area contributed by atoms with E-state index in [0.717, 1.165) is 11.4 Å². The van der Waals surface area contributed by atoms with Crippen molar-refractivity contribution in [1.82, 2.24) is 10.3 Å². The van der Waals surface area contributed by atoms with Crippen molar-refractivity contribution >= 4 is 11.6 Å². The van der Waals surface area contributed by atoms with Crippen LogP contribution >= 0.6 is 11.6 Å². The first-order chi connectivity index (χ1) is 8.74. The molecule has 1 aliphatic rings. The fourth-order valence-corrected chi connectivity index (χ4v) is 2.70. The van der Waals surface area contributed by atoms with E-state index in [2.05, 4.69) is 35.4 Å². The van der Waals surface area contributed by atoms with E-state index >= 15 is 0 Å². The summed E-state index contributed by atoms with van der Waals surface area (Å²) in [7, 11) is 0. The van der Waals surface area contributed by atoms with Crippen LogP contribution in [0.4, 0.5) is 0 Å². The summed E-state index contributed by atoms with van der Waals surface area (Å²) in [4.78, 5) is 4.25. The van der Waals surface area contributed by atoms with Gasteiger partial charge in [-0.1, -0.05) is 23.7 Å². The Morgan fingerprint density at radius 2 is 2.00 bits per heavy atom. The minimum atomic E-state index is 0.217. The average molecular weight is 259 g/mol. The van der Waals surface area contributed by atoms with Gasteiger partial charge in [0.05, 0.1) is 6.04 Å². The highest BCUT2D eigenvalue weighted by atomic mass is 35.5. The molecule has 0 saturated heterocycles. The number of nitrogens with one attached hydrogen (secondary N) is 1. The summed E-state index contributed by atoms with van der Waals surface area (Å²) < 4.78 is 0. The van der Waals surface area contributed by atoms with Gasteiger partial charge in [-0.05, 0) is 48.2 Å².